The van der Waals surface area contributed by atoms with Gasteiger partial charge in [-0.1, -0.05) is 0 Å². The zero-order chi connectivity index (χ0) is 16.3. The van der Waals surface area contributed by atoms with E-state index in [1.54, 1.807) is 6.92 Å². The molecule has 7 heteroatoms. The van der Waals surface area contributed by atoms with Crippen molar-refractivity contribution in [2.75, 3.05) is 13.2 Å². The standard InChI is InChI=1S/C14H24O7/c1-9(15)19-7-11(17)14(4)6-5-12(21-14)13(3,18)8-20-10(2)16/h11-12,17-18H,5-8H2,1-4H3/t11-,12-,13-,14+/m1/s1. The van der Waals surface area contributed by atoms with E-state index in [4.69, 9.17) is 14.2 Å². The Kier molecular flexibility index (Phi) is 5.72. The zero-order valence-corrected chi connectivity index (χ0v) is 12.9. The third-order valence-corrected chi connectivity index (χ3v) is 3.73. The summed E-state index contributed by atoms with van der Waals surface area (Å²) in [5.41, 5.74) is -2.26. The van der Waals surface area contributed by atoms with Crippen molar-refractivity contribution >= 4 is 11.9 Å². The van der Waals surface area contributed by atoms with E-state index in [2.05, 4.69) is 0 Å². The molecule has 2 N–H and O–H groups in total. The van der Waals surface area contributed by atoms with E-state index >= 15 is 0 Å². The fraction of sp³-hybridized carbons (Fsp3) is 0.857. The number of hydrogen-bond acceptors (Lipinski definition) is 7. The number of aliphatic hydroxyl groups is 2. The van der Waals surface area contributed by atoms with Crippen LogP contribution in [0.1, 0.15) is 40.5 Å². The highest BCUT2D eigenvalue weighted by atomic mass is 16.6. The maximum atomic E-state index is 10.8. The summed E-state index contributed by atoms with van der Waals surface area (Å²) < 4.78 is 15.4. The van der Waals surface area contributed by atoms with Gasteiger partial charge in [0.15, 0.2) is 0 Å². The molecule has 1 fully saturated rings. The van der Waals surface area contributed by atoms with Crippen molar-refractivity contribution in [3.8, 4) is 0 Å². The molecule has 0 spiro atoms. The van der Waals surface area contributed by atoms with Crippen LogP contribution in [0.3, 0.4) is 0 Å². The minimum Gasteiger partial charge on any atom is -0.463 e. The first kappa shape index (κ1) is 17.9. The van der Waals surface area contributed by atoms with Gasteiger partial charge >= 0.3 is 11.9 Å². The highest BCUT2D eigenvalue weighted by Crippen LogP contribution is 2.37. The molecule has 0 saturated carbocycles. The average Bonchev–Trinajstić information content (AvgIpc) is 2.78. The maximum absolute atomic E-state index is 10.8. The topological polar surface area (TPSA) is 102 Å². The van der Waals surface area contributed by atoms with Gasteiger partial charge in [-0.15, -0.1) is 0 Å². The summed E-state index contributed by atoms with van der Waals surface area (Å²) >= 11 is 0. The Balaban J connectivity index is 2.60. The van der Waals surface area contributed by atoms with Crippen molar-refractivity contribution in [2.45, 2.75) is 63.9 Å². The first-order valence-electron chi connectivity index (χ1n) is 6.92. The number of esters is 2. The van der Waals surface area contributed by atoms with Crippen LogP contribution < -0.4 is 0 Å². The maximum Gasteiger partial charge on any atom is 0.302 e. The molecule has 21 heavy (non-hydrogen) atoms. The van der Waals surface area contributed by atoms with E-state index in [-0.39, 0.29) is 13.2 Å². The van der Waals surface area contributed by atoms with Crippen LogP contribution in [-0.4, -0.2) is 58.8 Å². The highest BCUT2D eigenvalue weighted by Gasteiger charge is 2.48. The van der Waals surface area contributed by atoms with Gasteiger partial charge in [-0.25, -0.2) is 0 Å². The number of ether oxygens (including phenoxy) is 3. The SMILES string of the molecule is CC(=O)OC[C@@H](O)[C@]1(C)CC[C@H]([C@](C)(O)COC(C)=O)O1. The lowest BCUT2D eigenvalue weighted by atomic mass is 9.93. The number of carbonyl (C=O) groups excluding carboxylic acids is 2. The third kappa shape index (κ3) is 4.94. The van der Waals surface area contributed by atoms with Crippen LogP contribution in [0, 0.1) is 0 Å². The minimum absolute atomic E-state index is 0.162. The Morgan fingerprint density at radius 1 is 1.38 bits per heavy atom. The van der Waals surface area contributed by atoms with Crippen molar-refractivity contribution in [1.82, 2.24) is 0 Å². The molecular formula is C14H24O7. The molecule has 0 unspecified atom stereocenters. The van der Waals surface area contributed by atoms with Crippen LogP contribution in [0.2, 0.25) is 0 Å². The first-order chi connectivity index (χ1) is 9.57. The predicted octanol–water partition coefficient (Wildman–Crippen LogP) is 0.162. The second-order valence-electron chi connectivity index (χ2n) is 5.91. The smallest absolute Gasteiger partial charge is 0.302 e. The Bertz CT molecular complexity index is 393. The number of carbonyl (C=O) groups is 2. The number of hydrogen-bond donors (Lipinski definition) is 2. The van der Waals surface area contributed by atoms with Crippen molar-refractivity contribution < 1.29 is 34.0 Å². The molecular weight excluding hydrogens is 280 g/mol. The second-order valence-corrected chi connectivity index (χ2v) is 5.91. The zero-order valence-electron chi connectivity index (χ0n) is 12.9. The van der Waals surface area contributed by atoms with Crippen molar-refractivity contribution in [3.05, 3.63) is 0 Å². The fourth-order valence-electron chi connectivity index (χ4n) is 2.26. The van der Waals surface area contributed by atoms with Gasteiger partial charge in [0.25, 0.3) is 0 Å². The first-order valence-corrected chi connectivity index (χ1v) is 6.92. The lowest BCUT2D eigenvalue weighted by Crippen LogP contribution is -2.48. The van der Waals surface area contributed by atoms with Crippen molar-refractivity contribution in [2.24, 2.45) is 0 Å². The van der Waals surface area contributed by atoms with E-state index in [9.17, 15) is 19.8 Å². The molecule has 122 valence electrons. The molecule has 0 aromatic rings. The van der Waals surface area contributed by atoms with E-state index in [0.29, 0.717) is 12.8 Å². The Labute approximate surface area is 124 Å². The van der Waals surface area contributed by atoms with E-state index in [1.165, 1.54) is 20.8 Å². The molecule has 0 aromatic heterocycles. The molecule has 4 atom stereocenters. The molecule has 0 amide bonds. The molecule has 0 aliphatic carbocycles. The molecule has 1 heterocycles. The molecule has 7 nitrogen and oxygen atoms in total. The Morgan fingerprint density at radius 2 is 1.95 bits per heavy atom. The lowest BCUT2D eigenvalue weighted by molar-refractivity contribution is -0.186. The van der Waals surface area contributed by atoms with Gasteiger partial charge in [-0.2, -0.15) is 0 Å². The van der Waals surface area contributed by atoms with Gasteiger partial charge in [0.2, 0.25) is 0 Å². The van der Waals surface area contributed by atoms with Gasteiger partial charge in [0.1, 0.15) is 24.9 Å². The van der Waals surface area contributed by atoms with Gasteiger partial charge in [-0.05, 0) is 26.7 Å². The van der Waals surface area contributed by atoms with Crippen molar-refractivity contribution in [3.63, 3.8) is 0 Å². The Hall–Kier alpha value is -1.18. The van der Waals surface area contributed by atoms with E-state index in [1.807, 2.05) is 0 Å². The lowest BCUT2D eigenvalue weighted by Gasteiger charge is -2.34. The molecule has 0 aromatic carbocycles. The van der Waals surface area contributed by atoms with Crippen LogP contribution >= 0.6 is 0 Å². The number of rotatable bonds is 6. The van der Waals surface area contributed by atoms with Crippen LogP contribution in [0.5, 0.6) is 0 Å². The van der Waals surface area contributed by atoms with Gasteiger partial charge < -0.3 is 24.4 Å². The third-order valence-electron chi connectivity index (χ3n) is 3.73. The summed E-state index contributed by atoms with van der Waals surface area (Å²) in [6.45, 7) is 5.40. The molecule has 1 aliphatic heterocycles. The minimum atomic E-state index is -1.34. The summed E-state index contributed by atoms with van der Waals surface area (Å²) in [4.78, 5) is 21.6. The number of aliphatic hydroxyl groups excluding tert-OH is 1. The van der Waals surface area contributed by atoms with Crippen LogP contribution in [0.15, 0.2) is 0 Å². The largest absolute Gasteiger partial charge is 0.463 e. The summed E-state index contributed by atoms with van der Waals surface area (Å²) in [6.07, 6.45) is -0.567. The fourth-order valence-corrected chi connectivity index (χ4v) is 2.26. The van der Waals surface area contributed by atoms with Gasteiger partial charge in [0.05, 0.1) is 11.7 Å². The highest BCUT2D eigenvalue weighted by molar-refractivity contribution is 5.66. The van der Waals surface area contributed by atoms with Crippen LogP contribution in [-0.2, 0) is 23.8 Å². The summed E-state index contributed by atoms with van der Waals surface area (Å²) in [6, 6.07) is 0. The normalized spacial score (nSPS) is 29.5. The van der Waals surface area contributed by atoms with Gasteiger partial charge in [0, 0.05) is 13.8 Å². The quantitative estimate of drug-likeness (QED) is 0.674. The molecule has 0 radical (unpaired) electrons. The van der Waals surface area contributed by atoms with Crippen molar-refractivity contribution in [1.29, 1.82) is 0 Å². The molecule has 1 rings (SSSR count). The molecule has 0 bridgehead atoms. The van der Waals surface area contributed by atoms with E-state index < -0.39 is 35.3 Å². The monoisotopic (exact) mass is 304 g/mol. The second kappa shape index (κ2) is 6.72. The van der Waals surface area contributed by atoms with Crippen LogP contribution in [0.25, 0.3) is 0 Å². The average molecular weight is 304 g/mol. The van der Waals surface area contributed by atoms with E-state index in [0.717, 1.165) is 0 Å². The van der Waals surface area contributed by atoms with Gasteiger partial charge in [-0.3, -0.25) is 9.59 Å². The molecule has 1 aliphatic rings. The summed E-state index contributed by atoms with van der Waals surface area (Å²) in [5, 5.41) is 20.4. The predicted molar refractivity (Wildman–Crippen MR) is 72.4 cm³/mol. The summed E-state index contributed by atoms with van der Waals surface area (Å²) in [7, 11) is 0. The summed E-state index contributed by atoms with van der Waals surface area (Å²) in [5.74, 6) is -0.958. The molecule has 1 saturated heterocycles. The Morgan fingerprint density at radius 3 is 2.48 bits per heavy atom. The van der Waals surface area contributed by atoms with Crippen LogP contribution in [0.4, 0.5) is 0 Å².